The van der Waals surface area contributed by atoms with Gasteiger partial charge in [-0.1, -0.05) is 37.1 Å². The van der Waals surface area contributed by atoms with Crippen molar-refractivity contribution in [2.45, 2.75) is 38.6 Å². The number of fused-ring (bicyclic) bond motifs is 1. The second kappa shape index (κ2) is 5.96. The quantitative estimate of drug-likeness (QED) is 0.920. The molecule has 2 atom stereocenters. The molecule has 0 radical (unpaired) electrons. The highest BCUT2D eigenvalue weighted by atomic mass is 16.4. The van der Waals surface area contributed by atoms with Crippen LogP contribution in [0, 0.1) is 11.8 Å². The van der Waals surface area contributed by atoms with Crippen LogP contribution in [0.25, 0.3) is 0 Å². The van der Waals surface area contributed by atoms with Crippen LogP contribution in [0.15, 0.2) is 24.3 Å². The molecule has 2 aliphatic rings. The minimum absolute atomic E-state index is 0.124. The molecule has 1 aromatic rings. The van der Waals surface area contributed by atoms with Crippen molar-refractivity contribution in [1.82, 2.24) is 4.90 Å². The van der Waals surface area contributed by atoms with E-state index in [1.807, 2.05) is 0 Å². The predicted molar refractivity (Wildman–Crippen MR) is 78.5 cm³/mol. The summed E-state index contributed by atoms with van der Waals surface area (Å²) in [5.41, 5.74) is 2.88. The van der Waals surface area contributed by atoms with Crippen molar-refractivity contribution in [1.29, 1.82) is 0 Å². The van der Waals surface area contributed by atoms with Gasteiger partial charge in [-0.2, -0.15) is 0 Å². The Balaban J connectivity index is 1.65. The Labute approximate surface area is 120 Å². The molecule has 0 amide bonds. The van der Waals surface area contributed by atoms with Gasteiger partial charge in [0.1, 0.15) is 0 Å². The van der Waals surface area contributed by atoms with Crippen LogP contribution in [0.1, 0.15) is 36.8 Å². The third kappa shape index (κ3) is 2.88. The lowest BCUT2D eigenvalue weighted by molar-refractivity contribution is -0.145. The number of carboxylic acid groups (broad SMARTS) is 1. The third-order valence-corrected chi connectivity index (χ3v) is 4.93. The zero-order valence-electron chi connectivity index (χ0n) is 11.9. The van der Waals surface area contributed by atoms with Crippen LogP contribution in [0.3, 0.4) is 0 Å². The Morgan fingerprint density at radius 1 is 1.20 bits per heavy atom. The molecule has 1 aliphatic carbocycles. The molecule has 20 heavy (non-hydrogen) atoms. The molecule has 0 saturated heterocycles. The maximum absolute atomic E-state index is 11.4. The van der Waals surface area contributed by atoms with Gasteiger partial charge >= 0.3 is 5.97 Å². The van der Waals surface area contributed by atoms with E-state index in [1.54, 1.807) is 0 Å². The fourth-order valence-corrected chi connectivity index (χ4v) is 3.79. The molecule has 3 heteroatoms. The fraction of sp³-hybridized carbons (Fsp3) is 0.588. The molecule has 1 aromatic carbocycles. The number of rotatable bonds is 3. The molecule has 1 heterocycles. The van der Waals surface area contributed by atoms with E-state index in [9.17, 15) is 9.90 Å². The number of carbonyl (C=O) groups is 1. The van der Waals surface area contributed by atoms with Crippen molar-refractivity contribution in [3.8, 4) is 0 Å². The van der Waals surface area contributed by atoms with Crippen molar-refractivity contribution < 1.29 is 9.90 Å². The Kier molecular flexibility index (Phi) is 4.06. The van der Waals surface area contributed by atoms with E-state index in [0.717, 1.165) is 45.3 Å². The maximum atomic E-state index is 11.4. The van der Waals surface area contributed by atoms with E-state index >= 15 is 0 Å². The average Bonchev–Trinajstić information content (AvgIpc) is 2.47. The SMILES string of the molecule is O=C(O)C1CCCCC1CN1CCc2ccccc2C1. The lowest BCUT2D eigenvalue weighted by Gasteiger charge is -2.35. The van der Waals surface area contributed by atoms with Gasteiger partial charge in [-0.15, -0.1) is 0 Å². The van der Waals surface area contributed by atoms with Crippen molar-refractivity contribution in [2.24, 2.45) is 11.8 Å². The molecule has 1 fully saturated rings. The van der Waals surface area contributed by atoms with Gasteiger partial charge in [0.25, 0.3) is 0 Å². The number of carboxylic acids is 1. The number of aliphatic carboxylic acids is 1. The van der Waals surface area contributed by atoms with Crippen molar-refractivity contribution in [3.63, 3.8) is 0 Å². The Morgan fingerprint density at radius 3 is 2.75 bits per heavy atom. The standard InChI is InChI=1S/C17H23NO2/c19-17(20)16-8-4-3-7-15(16)12-18-10-9-13-5-1-2-6-14(13)11-18/h1-2,5-6,15-16H,3-4,7-12H2,(H,19,20). The van der Waals surface area contributed by atoms with Gasteiger partial charge in [-0.05, 0) is 36.3 Å². The second-order valence-electron chi connectivity index (χ2n) is 6.24. The molecule has 2 unspecified atom stereocenters. The first-order valence-electron chi connectivity index (χ1n) is 7.76. The molecule has 3 nitrogen and oxygen atoms in total. The van der Waals surface area contributed by atoms with Gasteiger partial charge < -0.3 is 5.11 Å². The minimum atomic E-state index is -0.591. The lowest BCUT2D eigenvalue weighted by atomic mass is 9.78. The molecule has 3 rings (SSSR count). The predicted octanol–water partition coefficient (Wildman–Crippen LogP) is 2.94. The summed E-state index contributed by atoms with van der Waals surface area (Å²) in [6.45, 7) is 3.00. The number of hydrogen-bond donors (Lipinski definition) is 1. The fourth-order valence-electron chi connectivity index (χ4n) is 3.79. The molecule has 108 valence electrons. The molecule has 0 aromatic heterocycles. The minimum Gasteiger partial charge on any atom is -0.481 e. The Hall–Kier alpha value is -1.35. The van der Waals surface area contributed by atoms with Crippen LogP contribution in [0.5, 0.6) is 0 Å². The van der Waals surface area contributed by atoms with E-state index in [2.05, 4.69) is 29.2 Å². The van der Waals surface area contributed by atoms with Crippen LogP contribution in [0.4, 0.5) is 0 Å². The highest BCUT2D eigenvalue weighted by Gasteiger charge is 2.32. The monoisotopic (exact) mass is 273 g/mol. The second-order valence-corrected chi connectivity index (χ2v) is 6.24. The van der Waals surface area contributed by atoms with Crippen LogP contribution >= 0.6 is 0 Å². The van der Waals surface area contributed by atoms with E-state index < -0.39 is 5.97 Å². The molecular weight excluding hydrogens is 250 g/mol. The third-order valence-electron chi connectivity index (χ3n) is 4.93. The molecule has 0 bridgehead atoms. The zero-order valence-corrected chi connectivity index (χ0v) is 11.9. The number of benzene rings is 1. The van der Waals surface area contributed by atoms with Gasteiger partial charge in [0.2, 0.25) is 0 Å². The Bertz CT molecular complexity index is 486. The van der Waals surface area contributed by atoms with Gasteiger partial charge in [0, 0.05) is 19.6 Å². The van der Waals surface area contributed by atoms with E-state index in [-0.39, 0.29) is 5.92 Å². The van der Waals surface area contributed by atoms with Crippen molar-refractivity contribution in [2.75, 3.05) is 13.1 Å². The van der Waals surface area contributed by atoms with E-state index in [4.69, 9.17) is 0 Å². The highest BCUT2D eigenvalue weighted by Crippen LogP contribution is 2.32. The van der Waals surface area contributed by atoms with Gasteiger partial charge in [-0.3, -0.25) is 9.69 Å². The molecule has 1 aliphatic heterocycles. The lowest BCUT2D eigenvalue weighted by Crippen LogP contribution is -2.39. The average molecular weight is 273 g/mol. The summed E-state index contributed by atoms with van der Waals surface area (Å²) < 4.78 is 0. The van der Waals surface area contributed by atoms with Gasteiger partial charge in [-0.25, -0.2) is 0 Å². The first-order valence-corrected chi connectivity index (χ1v) is 7.76. The first-order chi connectivity index (χ1) is 9.74. The number of nitrogens with zero attached hydrogens (tertiary/aromatic N) is 1. The van der Waals surface area contributed by atoms with E-state index in [1.165, 1.54) is 17.5 Å². The smallest absolute Gasteiger partial charge is 0.306 e. The largest absolute Gasteiger partial charge is 0.481 e. The molecular formula is C17H23NO2. The van der Waals surface area contributed by atoms with Crippen LogP contribution in [-0.4, -0.2) is 29.1 Å². The van der Waals surface area contributed by atoms with Gasteiger partial charge in [0.05, 0.1) is 5.92 Å². The zero-order chi connectivity index (χ0) is 13.9. The summed E-state index contributed by atoms with van der Waals surface area (Å²) in [7, 11) is 0. The summed E-state index contributed by atoms with van der Waals surface area (Å²) in [6.07, 6.45) is 5.31. The van der Waals surface area contributed by atoms with Gasteiger partial charge in [0.15, 0.2) is 0 Å². The maximum Gasteiger partial charge on any atom is 0.306 e. The topological polar surface area (TPSA) is 40.5 Å². The molecule has 1 N–H and O–H groups in total. The Morgan fingerprint density at radius 2 is 1.95 bits per heavy atom. The summed E-state index contributed by atoms with van der Waals surface area (Å²) in [5.74, 6) is -0.375. The summed E-state index contributed by atoms with van der Waals surface area (Å²) >= 11 is 0. The number of hydrogen-bond acceptors (Lipinski definition) is 2. The van der Waals surface area contributed by atoms with Crippen molar-refractivity contribution >= 4 is 5.97 Å². The van der Waals surface area contributed by atoms with Crippen molar-refractivity contribution in [3.05, 3.63) is 35.4 Å². The molecule has 0 spiro atoms. The first kappa shape index (κ1) is 13.6. The van der Waals surface area contributed by atoms with Crippen LogP contribution in [0.2, 0.25) is 0 Å². The summed E-state index contributed by atoms with van der Waals surface area (Å²) in [4.78, 5) is 13.8. The van der Waals surface area contributed by atoms with E-state index in [0.29, 0.717) is 5.92 Å². The van der Waals surface area contributed by atoms with Crippen LogP contribution in [-0.2, 0) is 17.8 Å². The summed E-state index contributed by atoms with van der Waals surface area (Å²) in [5, 5.41) is 9.38. The molecule has 1 saturated carbocycles. The normalized spacial score (nSPS) is 27.0. The summed E-state index contributed by atoms with van der Waals surface area (Å²) in [6, 6.07) is 8.63. The van der Waals surface area contributed by atoms with Crippen LogP contribution < -0.4 is 0 Å². The highest BCUT2D eigenvalue weighted by molar-refractivity contribution is 5.70.